The molecule has 6 heteroatoms. The van der Waals surface area contributed by atoms with E-state index in [0.717, 1.165) is 24.3 Å². The number of hydrogen-bond acceptors (Lipinski definition) is 3. The molecule has 3 rings (SSSR count). The summed E-state index contributed by atoms with van der Waals surface area (Å²) in [6, 6.07) is 9.89. The largest absolute Gasteiger partial charge is 0.337 e. The van der Waals surface area contributed by atoms with Gasteiger partial charge in [-0.15, -0.1) is 12.4 Å². The SMILES string of the molecule is Cc1nn(-c2ccccc2)cc1C(=O)N1CC[C@@H](N)C1.Cl. The number of halogens is 1. The summed E-state index contributed by atoms with van der Waals surface area (Å²) in [5.41, 5.74) is 8.22. The third-order valence-electron chi connectivity index (χ3n) is 3.66. The van der Waals surface area contributed by atoms with Crippen molar-refractivity contribution in [3.05, 3.63) is 47.8 Å². The Labute approximate surface area is 130 Å². The van der Waals surface area contributed by atoms with Crippen molar-refractivity contribution in [1.82, 2.24) is 14.7 Å². The van der Waals surface area contributed by atoms with Crippen LogP contribution in [0.5, 0.6) is 0 Å². The lowest BCUT2D eigenvalue weighted by molar-refractivity contribution is 0.0790. The monoisotopic (exact) mass is 306 g/mol. The van der Waals surface area contributed by atoms with Gasteiger partial charge in [-0.05, 0) is 25.5 Å². The lowest BCUT2D eigenvalue weighted by Crippen LogP contribution is -2.32. The van der Waals surface area contributed by atoms with Crippen LogP contribution in [0.3, 0.4) is 0 Å². The number of likely N-dealkylation sites (tertiary alicyclic amines) is 1. The zero-order valence-electron chi connectivity index (χ0n) is 11.9. The van der Waals surface area contributed by atoms with Crippen LogP contribution in [0.1, 0.15) is 22.5 Å². The molecule has 1 aliphatic rings. The second-order valence-corrected chi connectivity index (χ2v) is 5.21. The van der Waals surface area contributed by atoms with E-state index in [9.17, 15) is 4.79 Å². The van der Waals surface area contributed by atoms with E-state index in [1.54, 1.807) is 10.9 Å². The molecular weight excluding hydrogens is 288 g/mol. The number of para-hydroxylation sites is 1. The first-order valence-electron chi connectivity index (χ1n) is 6.81. The average Bonchev–Trinajstić information content (AvgIpc) is 3.05. The normalized spacial score (nSPS) is 17.6. The molecule has 0 spiro atoms. The number of aryl methyl sites for hydroxylation is 1. The first-order valence-corrected chi connectivity index (χ1v) is 6.81. The van der Waals surface area contributed by atoms with Crippen molar-refractivity contribution >= 4 is 18.3 Å². The van der Waals surface area contributed by atoms with Gasteiger partial charge < -0.3 is 10.6 Å². The molecule has 1 saturated heterocycles. The Morgan fingerprint density at radius 1 is 1.33 bits per heavy atom. The van der Waals surface area contributed by atoms with Crippen LogP contribution in [0.2, 0.25) is 0 Å². The molecule has 1 aromatic heterocycles. The number of nitrogens with zero attached hydrogens (tertiary/aromatic N) is 3. The summed E-state index contributed by atoms with van der Waals surface area (Å²) in [6.07, 6.45) is 2.68. The number of aromatic nitrogens is 2. The lowest BCUT2D eigenvalue weighted by Gasteiger charge is -2.14. The van der Waals surface area contributed by atoms with Crippen LogP contribution in [0.25, 0.3) is 5.69 Å². The van der Waals surface area contributed by atoms with Crippen molar-refractivity contribution in [2.45, 2.75) is 19.4 Å². The number of carbonyl (C=O) groups is 1. The van der Waals surface area contributed by atoms with Gasteiger partial charge in [0.15, 0.2) is 0 Å². The van der Waals surface area contributed by atoms with Gasteiger partial charge in [-0.2, -0.15) is 5.10 Å². The Morgan fingerprint density at radius 3 is 2.67 bits per heavy atom. The van der Waals surface area contributed by atoms with Gasteiger partial charge in [-0.3, -0.25) is 4.79 Å². The maximum atomic E-state index is 12.5. The minimum absolute atomic E-state index is 0. The molecule has 2 heterocycles. The van der Waals surface area contributed by atoms with Gasteiger partial charge in [0.2, 0.25) is 0 Å². The summed E-state index contributed by atoms with van der Waals surface area (Å²) >= 11 is 0. The summed E-state index contributed by atoms with van der Waals surface area (Å²) in [5, 5.41) is 4.43. The Balaban J connectivity index is 0.00000161. The van der Waals surface area contributed by atoms with Crippen LogP contribution in [0, 0.1) is 6.92 Å². The van der Waals surface area contributed by atoms with E-state index < -0.39 is 0 Å². The summed E-state index contributed by atoms with van der Waals surface area (Å²) in [7, 11) is 0. The molecule has 21 heavy (non-hydrogen) atoms. The van der Waals surface area contributed by atoms with Crippen LogP contribution >= 0.6 is 12.4 Å². The third-order valence-corrected chi connectivity index (χ3v) is 3.66. The Morgan fingerprint density at radius 2 is 2.05 bits per heavy atom. The number of amides is 1. The maximum Gasteiger partial charge on any atom is 0.257 e. The molecule has 2 N–H and O–H groups in total. The molecule has 1 atom stereocenters. The number of benzene rings is 1. The fourth-order valence-corrected chi connectivity index (χ4v) is 2.53. The molecule has 0 unspecified atom stereocenters. The summed E-state index contributed by atoms with van der Waals surface area (Å²) < 4.78 is 1.75. The molecule has 1 fully saturated rings. The van der Waals surface area contributed by atoms with Crippen LogP contribution in [-0.4, -0.2) is 39.7 Å². The van der Waals surface area contributed by atoms with Crippen LogP contribution in [0.4, 0.5) is 0 Å². The third kappa shape index (κ3) is 3.09. The molecule has 1 aromatic carbocycles. The standard InChI is InChI=1S/C15H18N4O.ClH/c1-11-14(15(20)18-8-7-12(16)9-18)10-19(17-11)13-5-3-2-4-6-13;/h2-6,10,12H,7-9,16H2,1H3;1H/t12-;/m1./s1. The first kappa shape index (κ1) is 15.5. The number of rotatable bonds is 2. The number of hydrogen-bond donors (Lipinski definition) is 1. The van der Waals surface area contributed by atoms with Crippen molar-refractivity contribution in [1.29, 1.82) is 0 Å². The smallest absolute Gasteiger partial charge is 0.257 e. The van der Waals surface area contributed by atoms with Gasteiger partial charge in [-0.1, -0.05) is 18.2 Å². The summed E-state index contributed by atoms with van der Waals surface area (Å²) in [6.45, 7) is 3.23. The van der Waals surface area contributed by atoms with Crippen molar-refractivity contribution in [3.63, 3.8) is 0 Å². The fourth-order valence-electron chi connectivity index (χ4n) is 2.53. The van der Waals surface area contributed by atoms with Crippen molar-refractivity contribution in [3.8, 4) is 5.69 Å². The van der Waals surface area contributed by atoms with E-state index in [0.29, 0.717) is 12.1 Å². The zero-order chi connectivity index (χ0) is 14.1. The fraction of sp³-hybridized carbons (Fsp3) is 0.333. The zero-order valence-corrected chi connectivity index (χ0v) is 12.7. The van der Waals surface area contributed by atoms with Gasteiger partial charge in [0.1, 0.15) is 0 Å². The predicted octanol–water partition coefficient (Wildman–Crippen LogP) is 1.78. The van der Waals surface area contributed by atoms with Crippen molar-refractivity contribution in [2.24, 2.45) is 5.73 Å². The van der Waals surface area contributed by atoms with E-state index in [1.165, 1.54) is 0 Å². The quantitative estimate of drug-likeness (QED) is 0.920. The van der Waals surface area contributed by atoms with E-state index in [-0.39, 0.29) is 24.4 Å². The highest BCUT2D eigenvalue weighted by molar-refractivity contribution is 5.95. The van der Waals surface area contributed by atoms with E-state index >= 15 is 0 Å². The van der Waals surface area contributed by atoms with Crippen LogP contribution in [-0.2, 0) is 0 Å². The molecule has 0 bridgehead atoms. The predicted molar refractivity (Wildman–Crippen MR) is 84.0 cm³/mol. The second kappa shape index (κ2) is 6.28. The van der Waals surface area contributed by atoms with Gasteiger partial charge >= 0.3 is 0 Å². The van der Waals surface area contributed by atoms with E-state index in [4.69, 9.17) is 5.73 Å². The Bertz CT molecular complexity index is 626. The molecule has 0 aliphatic carbocycles. The highest BCUT2D eigenvalue weighted by atomic mass is 35.5. The molecule has 1 amide bonds. The number of nitrogens with two attached hydrogens (primary N) is 1. The van der Waals surface area contributed by atoms with E-state index in [2.05, 4.69) is 5.10 Å². The first-order chi connectivity index (χ1) is 9.65. The molecule has 5 nitrogen and oxygen atoms in total. The van der Waals surface area contributed by atoms with Gasteiger partial charge in [0.05, 0.1) is 16.9 Å². The van der Waals surface area contributed by atoms with Crippen molar-refractivity contribution in [2.75, 3.05) is 13.1 Å². The minimum Gasteiger partial charge on any atom is -0.337 e. The highest BCUT2D eigenvalue weighted by Crippen LogP contribution is 2.17. The van der Waals surface area contributed by atoms with E-state index in [1.807, 2.05) is 42.2 Å². The Kier molecular flexibility index (Phi) is 4.65. The minimum atomic E-state index is 0. The second-order valence-electron chi connectivity index (χ2n) is 5.21. The van der Waals surface area contributed by atoms with Gasteiger partial charge in [0, 0.05) is 25.3 Å². The van der Waals surface area contributed by atoms with Gasteiger partial charge in [-0.25, -0.2) is 4.68 Å². The number of carbonyl (C=O) groups excluding carboxylic acids is 1. The van der Waals surface area contributed by atoms with Crippen LogP contribution < -0.4 is 5.73 Å². The van der Waals surface area contributed by atoms with Crippen molar-refractivity contribution < 1.29 is 4.79 Å². The molecule has 112 valence electrons. The average molecular weight is 307 g/mol. The molecule has 0 saturated carbocycles. The molecule has 0 radical (unpaired) electrons. The highest BCUT2D eigenvalue weighted by Gasteiger charge is 2.26. The molecule has 1 aliphatic heterocycles. The van der Waals surface area contributed by atoms with Crippen LogP contribution in [0.15, 0.2) is 36.5 Å². The topological polar surface area (TPSA) is 64.2 Å². The Hall–Kier alpha value is -1.85. The summed E-state index contributed by atoms with van der Waals surface area (Å²) in [5.74, 6) is 0.0256. The molecular formula is C15H19ClN4O. The maximum absolute atomic E-state index is 12.5. The lowest BCUT2D eigenvalue weighted by atomic mass is 10.2. The summed E-state index contributed by atoms with van der Waals surface area (Å²) in [4.78, 5) is 14.3. The molecule has 2 aromatic rings. The van der Waals surface area contributed by atoms with Gasteiger partial charge in [0.25, 0.3) is 5.91 Å².